The van der Waals surface area contributed by atoms with E-state index in [4.69, 9.17) is 10.00 Å². The second-order valence-corrected chi connectivity index (χ2v) is 4.70. The highest BCUT2D eigenvalue weighted by molar-refractivity contribution is 5.64. The molecular formula is C13H15N3O3. The molecule has 6 nitrogen and oxygen atoms in total. The molecule has 1 N–H and O–H groups in total. The summed E-state index contributed by atoms with van der Waals surface area (Å²) in [6.07, 6.45) is 3.03. The highest BCUT2D eigenvalue weighted by atomic mass is 16.6. The lowest BCUT2D eigenvalue weighted by Crippen LogP contribution is -2.45. The molecule has 6 heteroatoms. The van der Waals surface area contributed by atoms with Crippen molar-refractivity contribution in [1.29, 1.82) is 5.26 Å². The predicted octanol–water partition coefficient (Wildman–Crippen LogP) is 2.45. The molecule has 1 fully saturated rings. The van der Waals surface area contributed by atoms with Gasteiger partial charge in [-0.15, -0.1) is 0 Å². The number of nitro benzene ring substituents is 1. The average Bonchev–Trinajstić information content (AvgIpc) is 2.38. The van der Waals surface area contributed by atoms with Gasteiger partial charge in [-0.2, -0.15) is 5.26 Å². The van der Waals surface area contributed by atoms with E-state index >= 15 is 0 Å². The standard InChI is InChI=1S/C13H15N3O3/c1-19-13(5-2-6-13)9-15-11-4-3-10(8-14)7-12(11)16(17)18/h3-4,7,15H,2,5-6,9H2,1H3. The fourth-order valence-corrected chi connectivity index (χ4v) is 2.18. The van der Waals surface area contributed by atoms with Crippen LogP contribution in [0.3, 0.4) is 0 Å². The van der Waals surface area contributed by atoms with Crippen LogP contribution in [-0.2, 0) is 4.74 Å². The van der Waals surface area contributed by atoms with Crippen molar-refractivity contribution in [3.8, 4) is 6.07 Å². The number of nitrogens with one attached hydrogen (secondary N) is 1. The van der Waals surface area contributed by atoms with Crippen molar-refractivity contribution in [3.05, 3.63) is 33.9 Å². The van der Waals surface area contributed by atoms with Crippen molar-refractivity contribution in [2.24, 2.45) is 0 Å². The molecule has 0 saturated heterocycles. The molecule has 1 aromatic carbocycles. The minimum absolute atomic E-state index is 0.0790. The highest BCUT2D eigenvalue weighted by Crippen LogP contribution is 2.36. The number of rotatable bonds is 5. The van der Waals surface area contributed by atoms with Crippen LogP contribution in [0.2, 0.25) is 0 Å². The van der Waals surface area contributed by atoms with Crippen molar-refractivity contribution in [1.82, 2.24) is 0 Å². The van der Waals surface area contributed by atoms with Crippen molar-refractivity contribution in [2.75, 3.05) is 19.0 Å². The number of nitro groups is 1. The highest BCUT2D eigenvalue weighted by Gasteiger charge is 2.37. The van der Waals surface area contributed by atoms with Gasteiger partial charge in [-0.05, 0) is 31.4 Å². The number of methoxy groups -OCH3 is 1. The van der Waals surface area contributed by atoms with Gasteiger partial charge in [0.15, 0.2) is 0 Å². The summed E-state index contributed by atoms with van der Waals surface area (Å²) < 4.78 is 5.46. The van der Waals surface area contributed by atoms with Crippen LogP contribution in [0.25, 0.3) is 0 Å². The molecule has 0 bridgehead atoms. The summed E-state index contributed by atoms with van der Waals surface area (Å²) in [5.41, 5.74) is 0.418. The Balaban J connectivity index is 2.16. The van der Waals surface area contributed by atoms with Crippen molar-refractivity contribution < 1.29 is 9.66 Å². The Bertz CT molecular complexity index is 527. The fraction of sp³-hybridized carbons (Fsp3) is 0.462. The van der Waals surface area contributed by atoms with Gasteiger partial charge in [-0.25, -0.2) is 0 Å². The lowest BCUT2D eigenvalue weighted by atomic mass is 9.80. The normalized spacial score (nSPS) is 16.2. The van der Waals surface area contributed by atoms with E-state index in [1.807, 2.05) is 6.07 Å². The molecular weight excluding hydrogens is 246 g/mol. The van der Waals surface area contributed by atoms with E-state index in [0.717, 1.165) is 19.3 Å². The fourth-order valence-electron chi connectivity index (χ4n) is 2.18. The van der Waals surface area contributed by atoms with Gasteiger partial charge < -0.3 is 10.1 Å². The first-order valence-electron chi connectivity index (χ1n) is 6.08. The number of benzene rings is 1. The maximum absolute atomic E-state index is 11.0. The van der Waals surface area contributed by atoms with E-state index in [2.05, 4.69) is 5.32 Å². The molecule has 0 spiro atoms. The molecule has 1 aromatic rings. The van der Waals surface area contributed by atoms with Gasteiger partial charge in [-0.1, -0.05) is 0 Å². The van der Waals surface area contributed by atoms with E-state index < -0.39 is 4.92 Å². The second-order valence-electron chi connectivity index (χ2n) is 4.70. The molecule has 100 valence electrons. The third-order valence-corrected chi connectivity index (χ3v) is 3.62. The first-order chi connectivity index (χ1) is 9.10. The SMILES string of the molecule is COC1(CNc2ccc(C#N)cc2[N+](=O)[O-])CCC1. The Morgan fingerprint density at radius 2 is 2.32 bits per heavy atom. The maximum atomic E-state index is 11.0. The largest absolute Gasteiger partial charge is 0.377 e. The molecule has 19 heavy (non-hydrogen) atoms. The molecule has 0 radical (unpaired) electrons. The molecule has 0 aromatic heterocycles. The zero-order valence-electron chi connectivity index (χ0n) is 10.7. The number of nitrogens with zero attached hydrogens (tertiary/aromatic N) is 2. The molecule has 2 rings (SSSR count). The monoisotopic (exact) mass is 261 g/mol. The Morgan fingerprint density at radius 3 is 2.79 bits per heavy atom. The lowest BCUT2D eigenvalue weighted by Gasteiger charge is -2.40. The zero-order chi connectivity index (χ0) is 13.9. The third kappa shape index (κ3) is 2.66. The van der Waals surface area contributed by atoms with Gasteiger partial charge in [0.05, 0.1) is 22.2 Å². The zero-order valence-corrected chi connectivity index (χ0v) is 10.7. The lowest BCUT2D eigenvalue weighted by molar-refractivity contribution is -0.384. The van der Waals surface area contributed by atoms with Gasteiger partial charge in [0.2, 0.25) is 0 Å². The van der Waals surface area contributed by atoms with Crippen molar-refractivity contribution >= 4 is 11.4 Å². The van der Waals surface area contributed by atoms with Crippen LogP contribution in [0.5, 0.6) is 0 Å². The topological polar surface area (TPSA) is 88.2 Å². The van der Waals surface area contributed by atoms with Crippen molar-refractivity contribution in [2.45, 2.75) is 24.9 Å². The number of hydrogen-bond donors (Lipinski definition) is 1. The summed E-state index contributed by atoms with van der Waals surface area (Å²) in [7, 11) is 1.66. The summed E-state index contributed by atoms with van der Waals surface area (Å²) in [4.78, 5) is 10.5. The number of ether oxygens (including phenoxy) is 1. The number of anilines is 1. The minimum Gasteiger partial charge on any atom is -0.377 e. The van der Waals surface area contributed by atoms with Crippen LogP contribution in [0.4, 0.5) is 11.4 Å². The van der Waals surface area contributed by atoms with E-state index in [1.54, 1.807) is 19.2 Å². The number of hydrogen-bond acceptors (Lipinski definition) is 5. The van der Waals surface area contributed by atoms with Gasteiger partial charge in [0, 0.05) is 19.7 Å². The smallest absolute Gasteiger partial charge is 0.293 e. The van der Waals surface area contributed by atoms with Gasteiger partial charge in [-0.3, -0.25) is 10.1 Å². The molecule has 1 aliphatic rings. The Labute approximate surface area is 111 Å². The van der Waals surface area contributed by atoms with Gasteiger partial charge in [0.25, 0.3) is 5.69 Å². The first-order valence-corrected chi connectivity index (χ1v) is 6.08. The summed E-state index contributed by atoms with van der Waals surface area (Å²) in [5.74, 6) is 0. The summed E-state index contributed by atoms with van der Waals surface area (Å²) in [6, 6.07) is 6.31. The van der Waals surface area contributed by atoms with Crippen LogP contribution in [0, 0.1) is 21.4 Å². The Kier molecular flexibility index (Phi) is 3.67. The van der Waals surface area contributed by atoms with E-state index in [9.17, 15) is 10.1 Å². The van der Waals surface area contributed by atoms with Crippen LogP contribution in [-0.4, -0.2) is 24.2 Å². The Morgan fingerprint density at radius 1 is 1.58 bits per heavy atom. The minimum atomic E-state index is -0.483. The van der Waals surface area contributed by atoms with Crippen LogP contribution in [0.15, 0.2) is 18.2 Å². The first kappa shape index (κ1) is 13.3. The average molecular weight is 261 g/mol. The van der Waals surface area contributed by atoms with Crippen LogP contribution >= 0.6 is 0 Å². The van der Waals surface area contributed by atoms with Crippen LogP contribution < -0.4 is 5.32 Å². The third-order valence-electron chi connectivity index (χ3n) is 3.62. The van der Waals surface area contributed by atoms with E-state index in [1.165, 1.54) is 6.07 Å². The van der Waals surface area contributed by atoms with Gasteiger partial charge >= 0.3 is 0 Å². The van der Waals surface area contributed by atoms with E-state index in [0.29, 0.717) is 12.2 Å². The Hall–Kier alpha value is -2.13. The van der Waals surface area contributed by atoms with Gasteiger partial charge in [0.1, 0.15) is 5.69 Å². The summed E-state index contributed by atoms with van der Waals surface area (Å²) in [6.45, 7) is 0.538. The summed E-state index contributed by atoms with van der Waals surface area (Å²) in [5, 5.41) is 22.8. The molecule has 0 heterocycles. The number of nitriles is 1. The molecule has 0 amide bonds. The van der Waals surface area contributed by atoms with Crippen molar-refractivity contribution in [3.63, 3.8) is 0 Å². The molecule has 0 aliphatic heterocycles. The molecule has 0 unspecified atom stereocenters. The molecule has 1 aliphatic carbocycles. The summed E-state index contributed by atoms with van der Waals surface area (Å²) >= 11 is 0. The van der Waals surface area contributed by atoms with Crippen LogP contribution in [0.1, 0.15) is 24.8 Å². The molecule has 1 saturated carbocycles. The van der Waals surface area contributed by atoms with E-state index in [-0.39, 0.29) is 16.9 Å². The quantitative estimate of drug-likeness (QED) is 0.649. The second kappa shape index (κ2) is 5.24. The predicted molar refractivity (Wildman–Crippen MR) is 69.9 cm³/mol. The maximum Gasteiger partial charge on any atom is 0.293 e. The molecule has 0 atom stereocenters.